The van der Waals surface area contributed by atoms with Gasteiger partial charge in [-0.3, -0.25) is 0 Å². The molecule has 0 atom stereocenters. The van der Waals surface area contributed by atoms with E-state index in [0.29, 0.717) is 24.5 Å². The fourth-order valence-corrected chi connectivity index (χ4v) is 3.60. The van der Waals surface area contributed by atoms with Gasteiger partial charge in [0.15, 0.2) is 0 Å². The number of hydrogen-bond donors (Lipinski definition) is 0. The molecular weight excluding hydrogens is 489 g/mol. The number of aryl methyl sites for hydroxylation is 1. The molecule has 7 heteroatoms. The third-order valence-corrected chi connectivity index (χ3v) is 5.96. The van der Waals surface area contributed by atoms with Gasteiger partial charge in [-0.2, -0.15) is 13.2 Å². The van der Waals surface area contributed by atoms with Gasteiger partial charge in [-0.1, -0.05) is 53.7 Å². The van der Waals surface area contributed by atoms with Crippen LogP contribution in [0.2, 0.25) is 0 Å². The molecule has 0 spiro atoms. The highest BCUT2D eigenvalue weighted by molar-refractivity contribution is 5.42. The first kappa shape index (κ1) is 33.8. The van der Waals surface area contributed by atoms with E-state index in [1.165, 1.54) is 23.3 Å². The van der Waals surface area contributed by atoms with Crippen molar-refractivity contribution in [3.05, 3.63) is 58.7 Å². The van der Waals surface area contributed by atoms with E-state index in [2.05, 4.69) is 64.9 Å². The number of likely N-dealkylation sites (N-methyl/N-ethyl adjacent to an activating group) is 1. The topological polar surface area (TPSA) is 24.9 Å². The van der Waals surface area contributed by atoms with Crippen LogP contribution in [0.5, 0.6) is 11.5 Å². The quantitative estimate of drug-likeness (QED) is 0.308. The zero-order chi connectivity index (χ0) is 29.3. The van der Waals surface area contributed by atoms with Crippen LogP contribution in [0.1, 0.15) is 70.2 Å². The van der Waals surface area contributed by atoms with Crippen molar-refractivity contribution in [2.75, 3.05) is 54.5 Å². The van der Waals surface area contributed by atoms with E-state index >= 15 is 0 Å². The van der Waals surface area contributed by atoms with E-state index in [0.717, 1.165) is 31.4 Å². The number of nitrogens with zero attached hydrogens (tertiary/aromatic N) is 2. The van der Waals surface area contributed by atoms with Gasteiger partial charge >= 0.3 is 6.18 Å². The van der Waals surface area contributed by atoms with E-state index < -0.39 is 17.2 Å². The van der Waals surface area contributed by atoms with Gasteiger partial charge in [-0.05, 0) is 87.8 Å². The van der Waals surface area contributed by atoms with E-state index in [9.17, 15) is 13.2 Å². The molecule has 0 heterocycles. The maximum absolute atomic E-state index is 12.8. The summed E-state index contributed by atoms with van der Waals surface area (Å²) < 4.78 is 49.9. The zero-order valence-corrected chi connectivity index (χ0v) is 25.3. The van der Waals surface area contributed by atoms with Gasteiger partial charge in [0.1, 0.15) is 18.1 Å². The van der Waals surface area contributed by atoms with E-state index in [1.807, 2.05) is 39.8 Å². The molecule has 2 aromatic carbocycles. The third-order valence-electron chi connectivity index (χ3n) is 5.96. The SMILES string of the molecule is CN(C)CCOc1ccc(C(F)(F)F)cc1C(C)(C)C.Cc1cc(C(C)(C)C)ccc1OCCCN(C)C. The predicted octanol–water partition coefficient (Wildman–Crippen LogP) is 7.57. The molecular formula is C31H49F3N2O2. The third kappa shape index (κ3) is 12.1. The molecule has 0 aliphatic rings. The average molecular weight is 539 g/mol. The van der Waals surface area contributed by atoms with Crippen LogP contribution in [0, 0.1) is 6.92 Å². The molecule has 0 N–H and O–H groups in total. The number of benzene rings is 2. The van der Waals surface area contributed by atoms with Gasteiger partial charge in [0.2, 0.25) is 0 Å². The lowest BCUT2D eigenvalue weighted by Gasteiger charge is -2.24. The first-order valence-corrected chi connectivity index (χ1v) is 13.2. The molecule has 0 bridgehead atoms. The summed E-state index contributed by atoms with van der Waals surface area (Å²) in [6, 6.07) is 10.2. The van der Waals surface area contributed by atoms with Gasteiger partial charge in [-0.15, -0.1) is 0 Å². The minimum atomic E-state index is -4.33. The van der Waals surface area contributed by atoms with Crippen molar-refractivity contribution < 1.29 is 22.6 Å². The van der Waals surface area contributed by atoms with Crippen LogP contribution >= 0.6 is 0 Å². The summed E-state index contributed by atoms with van der Waals surface area (Å²) in [5, 5.41) is 0. The van der Waals surface area contributed by atoms with Crippen molar-refractivity contribution in [2.24, 2.45) is 0 Å². The van der Waals surface area contributed by atoms with E-state index in [4.69, 9.17) is 9.47 Å². The summed E-state index contributed by atoms with van der Waals surface area (Å²) in [5.41, 5.74) is 2.32. The van der Waals surface area contributed by atoms with Crippen molar-refractivity contribution in [1.29, 1.82) is 0 Å². The molecule has 216 valence electrons. The van der Waals surface area contributed by atoms with Gasteiger partial charge < -0.3 is 19.3 Å². The molecule has 0 amide bonds. The average Bonchev–Trinajstić information content (AvgIpc) is 2.75. The van der Waals surface area contributed by atoms with Crippen LogP contribution in [0.15, 0.2) is 36.4 Å². The number of alkyl halides is 3. The van der Waals surface area contributed by atoms with Crippen molar-refractivity contribution in [1.82, 2.24) is 9.80 Å². The van der Waals surface area contributed by atoms with Crippen LogP contribution in [-0.4, -0.2) is 64.3 Å². The van der Waals surface area contributed by atoms with Gasteiger partial charge in [0, 0.05) is 18.7 Å². The van der Waals surface area contributed by atoms with Crippen molar-refractivity contribution >= 4 is 0 Å². The molecule has 0 saturated heterocycles. The maximum atomic E-state index is 12.8. The Hall–Kier alpha value is -2.25. The number of halogens is 3. The van der Waals surface area contributed by atoms with Crippen molar-refractivity contribution in [2.45, 2.75) is 71.9 Å². The molecule has 4 nitrogen and oxygen atoms in total. The molecule has 2 aromatic rings. The fraction of sp³-hybridized carbons (Fsp3) is 0.613. The highest BCUT2D eigenvalue weighted by Crippen LogP contribution is 2.37. The first-order valence-electron chi connectivity index (χ1n) is 13.2. The summed E-state index contributed by atoms with van der Waals surface area (Å²) in [6.45, 7) is 17.5. The van der Waals surface area contributed by atoms with Gasteiger partial charge in [0.05, 0.1) is 12.2 Å². The molecule has 0 aliphatic carbocycles. The van der Waals surface area contributed by atoms with Crippen LogP contribution in [0.25, 0.3) is 0 Å². The molecule has 38 heavy (non-hydrogen) atoms. The standard InChI is InChI=1S/C16H27NO.C15H22F3NO/c1-13-12-14(16(2,3)4)8-9-15(13)18-11-7-10-17(5)6;1-14(2,3)12-10-11(15(16,17)18)6-7-13(12)20-9-8-19(4)5/h8-9,12H,7,10-11H2,1-6H3;6-7,10H,8-9H2,1-5H3. The Morgan fingerprint density at radius 2 is 1.18 bits per heavy atom. The number of rotatable bonds is 9. The van der Waals surface area contributed by atoms with Crippen LogP contribution < -0.4 is 9.47 Å². The Morgan fingerprint density at radius 3 is 1.66 bits per heavy atom. The lowest BCUT2D eigenvalue weighted by molar-refractivity contribution is -0.137. The van der Waals surface area contributed by atoms with Gasteiger partial charge in [-0.25, -0.2) is 0 Å². The van der Waals surface area contributed by atoms with Gasteiger partial charge in [0.25, 0.3) is 0 Å². The Balaban J connectivity index is 0.000000382. The largest absolute Gasteiger partial charge is 0.493 e. The normalized spacial score (nSPS) is 12.4. The Morgan fingerprint density at radius 1 is 0.658 bits per heavy atom. The van der Waals surface area contributed by atoms with Crippen molar-refractivity contribution in [3.8, 4) is 11.5 Å². The summed E-state index contributed by atoms with van der Waals surface area (Å²) >= 11 is 0. The second kappa shape index (κ2) is 14.2. The first-order chi connectivity index (χ1) is 17.3. The Kier molecular flexibility index (Phi) is 12.6. The highest BCUT2D eigenvalue weighted by atomic mass is 19.4. The smallest absolute Gasteiger partial charge is 0.416 e. The number of ether oxygens (including phenoxy) is 2. The molecule has 0 radical (unpaired) electrons. The summed E-state index contributed by atoms with van der Waals surface area (Å²) in [5.74, 6) is 1.54. The zero-order valence-electron chi connectivity index (χ0n) is 25.3. The highest BCUT2D eigenvalue weighted by Gasteiger charge is 2.32. The molecule has 0 aromatic heterocycles. The second-order valence-electron chi connectivity index (χ2n) is 12.3. The lowest BCUT2D eigenvalue weighted by atomic mass is 9.85. The lowest BCUT2D eigenvalue weighted by Crippen LogP contribution is -2.21. The second-order valence-corrected chi connectivity index (χ2v) is 12.3. The molecule has 0 fully saturated rings. The predicted molar refractivity (Wildman–Crippen MR) is 153 cm³/mol. The summed E-state index contributed by atoms with van der Waals surface area (Å²) in [4.78, 5) is 4.14. The fourth-order valence-electron chi connectivity index (χ4n) is 3.60. The Bertz CT molecular complexity index is 988. The van der Waals surface area contributed by atoms with Crippen LogP contribution in [0.3, 0.4) is 0 Å². The minimum Gasteiger partial charge on any atom is -0.493 e. The summed E-state index contributed by atoms with van der Waals surface area (Å²) in [7, 11) is 8.01. The summed E-state index contributed by atoms with van der Waals surface area (Å²) in [6.07, 6.45) is -3.27. The molecule has 2 rings (SSSR count). The maximum Gasteiger partial charge on any atom is 0.416 e. The van der Waals surface area contributed by atoms with E-state index in [1.54, 1.807) is 0 Å². The Labute approximate surface area is 229 Å². The minimum absolute atomic E-state index is 0.203. The van der Waals surface area contributed by atoms with Crippen LogP contribution in [-0.2, 0) is 17.0 Å². The van der Waals surface area contributed by atoms with E-state index in [-0.39, 0.29) is 5.41 Å². The molecule has 0 unspecified atom stereocenters. The van der Waals surface area contributed by atoms with Crippen LogP contribution in [0.4, 0.5) is 13.2 Å². The molecule has 0 saturated carbocycles. The van der Waals surface area contributed by atoms with Crippen molar-refractivity contribution in [3.63, 3.8) is 0 Å². The molecule has 0 aliphatic heterocycles. The monoisotopic (exact) mass is 538 g/mol. The number of hydrogen-bond acceptors (Lipinski definition) is 4.